The summed E-state index contributed by atoms with van der Waals surface area (Å²) >= 11 is 0. The van der Waals surface area contributed by atoms with Crippen LogP contribution in [0.5, 0.6) is 0 Å². The van der Waals surface area contributed by atoms with E-state index in [4.69, 9.17) is 10.5 Å². The standard InChI is InChI=1S/C9H11NO3/c10-8(11)5-1-2-7-6(3-5)4-13-9(7)12/h1,6-7H,2-4H2,(H2,10,11). The molecule has 1 saturated heterocycles. The Morgan fingerprint density at radius 2 is 2.38 bits per heavy atom. The molecule has 2 N–H and O–H groups in total. The molecule has 1 fully saturated rings. The molecule has 4 nitrogen and oxygen atoms in total. The zero-order chi connectivity index (χ0) is 9.42. The molecule has 2 rings (SSSR count). The number of nitrogens with two attached hydrogens (primary N) is 1. The highest BCUT2D eigenvalue weighted by Gasteiger charge is 2.39. The molecule has 0 saturated carbocycles. The maximum atomic E-state index is 11.1. The number of primary amides is 1. The van der Waals surface area contributed by atoms with Gasteiger partial charge in [-0.15, -0.1) is 0 Å². The molecular formula is C9H11NO3. The molecule has 4 heteroatoms. The molecule has 1 heterocycles. The molecular weight excluding hydrogens is 170 g/mol. The molecule has 1 amide bonds. The number of rotatable bonds is 1. The van der Waals surface area contributed by atoms with Crippen molar-refractivity contribution in [1.82, 2.24) is 0 Å². The summed E-state index contributed by atoms with van der Waals surface area (Å²) in [4.78, 5) is 22.0. The molecule has 2 atom stereocenters. The molecule has 13 heavy (non-hydrogen) atoms. The van der Waals surface area contributed by atoms with E-state index in [2.05, 4.69) is 0 Å². The topological polar surface area (TPSA) is 69.4 Å². The summed E-state index contributed by atoms with van der Waals surface area (Å²) in [7, 11) is 0. The van der Waals surface area contributed by atoms with Crippen molar-refractivity contribution in [3.8, 4) is 0 Å². The van der Waals surface area contributed by atoms with Crippen LogP contribution >= 0.6 is 0 Å². The quantitative estimate of drug-likeness (QED) is 0.578. The third-order valence-electron chi connectivity index (χ3n) is 2.73. The van der Waals surface area contributed by atoms with Crippen LogP contribution in [0.25, 0.3) is 0 Å². The van der Waals surface area contributed by atoms with Crippen LogP contribution in [0.4, 0.5) is 0 Å². The summed E-state index contributed by atoms with van der Waals surface area (Å²) in [5.41, 5.74) is 5.79. The van der Waals surface area contributed by atoms with Crippen molar-refractivity contribution in [2.75, 3.05) is 6.61 Å². The number of hydrogen-bond donors (Lipinski definition) is 1. The van der Waals surface area contributed by atoms with Gasteiger partial charge in [0, 0.05) is 11.5 Å². The summed E-state index contributed by atoms with van der Waals surface area (Å²) in [6.07, 6.45) is 2.95. The van der Waals surface area contributed by atoms with Crippen LogP contribution in [0.3, 0.4) is 0 Å². The Morgan fingerprint density at radius 1 is 1.62 bits per heavy atom. The van der Waals surface area contributed by atoms with Gasteiger partial charge in [-0.1, -0.05) is 6.08 Å². The van der Waals surface area contributed by atoms with E-state index < -0.39 is 0 Å². The summed E-state index contributed by atoms with van der Waals surface area (Å²) in [5.74, 6) is -0.384. The van der Waals surface area contributed by atoms with E-state index in [0.717, 1.165) is 0 Å². The van der Waals surface area contributed by atoms with Crippen LogP contribution in [0.2, 0.25) is 0 Å². The second-order valence-corrected chi connectivity index (χ2v) is 3.53. The van der Waals surface area contributed by atoms with E-state index in [9.17, 15) is 9.59 Å². The first kappa shape index (κ1) is 8.29. The molecule has 1 aliphatic carbocycles. The Bertz CT molecular complexity index is 295. The number of cyclic esters (lactones) is 1. The lowest BCUT2D eigenvalue weighted by molar-refractivity contribution is -0.141. The van der Waals surface area contributed by atoms with Gasteiger partial charge in [-0.3, -0.25) is 9.59 Å². The number of allylic oxidation sites excluding steroid dienone is 1. The summed E-state index contributed by atoms with van der Waals surface area (Å²) < 4.78 is 4.90. The van der Waals surface area contributed by atoms with Crippen molar-refractivity contribution in [3.05, 3.63) is 11.6 Å². The maximum absolute atomic E-state index is 11.1. The first-order valence-corrected chi connectivity index (χ1v) is 4.34. The third-order valence-corrected chi connectivity index (χ3v) is 2.73. The highest BCUT2D eigenvalue weighted by Crippen LogP contribution is 2.34. The fourth-order valence-corrected chi connectivity index (χ4v) is 1.93. The predicted molar refractivity (Wildman–Crippen MR) is 44.5 cm³/mol. The molecule has 0 aromatic heterocycles. The number of hydrogen-bond acceptors (Lipinski definition) is 3. The van der Waals surface area contributed by atoms with Crippen LogP contribution in [-0.2, 0) is 14.3 Å². The van der Waals surface area contributed by atoms with E-state index >= 15 is 0 Å². The number of amides is 1. The third kappa shape index (κ3) is 1.32. The Labute approximate surface area is 75.7 Å². The molecule has 0 aromatic carbocycles. The summed E-state index contributed by atoms with van der Waals surface area (Å²) in [6, 6.07) is 0. The second-order valence-electron chi connectivity index (χ2n) is 3.53. The van der Waals surface area contributed by atoms with E-state index in [1.165, 1.54) is 0 Å². The van der Waals surface area contributed by atoms with Crippen molar-refractivity contribution in [2.45, 2.75) is 12.8 Å². The average Bonchev–Trinajstić information content (AvgIpc) is 2.47. The Balaban J connectivity index is 2.15. The molecule has 1 aliphatic heterocycles. The van der Waals surface area contributed by atoms with Crippen molar-refractivity contribution in [1.29, 1.82) is 0 Å². The average molecular weight is 181 g/mol. The van der Waals surface area contributed by atoms with Gasteiger partial charge in [0.15, 0.2) is 0 Å². The zero-order valence-corrected chi connectivity index (χ0v) is 7.16. The van der Waals surface area contributed by atoms with Gasteiger partial charge in [-0.25, -0.2) is 0 Å². The van der Waals surface area contributed by atoms with Crippen LogP contribution < -0.4 is 5.73 Å². The fourth-order valence-electron chi connectivity index (χ4n) is 1.93. The van der Waals surface area contributed by atoms with Crippen LogP contribution in [0.15, 0.2) is 11.6 Å². The Hall–Kier alpha value is -1.32. The lowest BCUT2D eigenvalue weighted by Crippen LogP contribution is -2.25. The van der Waals surface area contributed by atoms with Crippen LogP contribution in [0, 0.1) is 11.8 Å². The van der Waals surface area contributed by atoms with Crippen molar-refractivity contribution in [2.24, 2.45) is 17.6 Å². The zero-order valence-electron chi connectivity index (χ0n) is 7.16. The van der Waals surface area contributed by atoms with Gasteiger partial charge in [0.05, 0.1) is 12.5 Å². The van der Waals surface area contributed by atoms with E-state index in [1.807, 2.05) is 0 Å². The minimum Gasteiger partial charge on any atom is -0.465 e. The van der Waals surface area contributed by atoms with Gasteiger partial charge in [-0.2, -0.15) is 0 Å². The minimum atomic E-state index is -0.377. The second kappa shape index (κ2) is 2.87. The van der Waals surface area contributed by atoms with Crippen molar-refractivity contribution >= 4 is 11.9 Å². The molecule has 2 unspecified atom stereocenters. The van der Waals surface area contributed by atoms with Gasteiger partial charge in [0.2, 0.25) is 5.91 Å². The molecule has 0 spiro atoms. The number of ether oxygens (including phenoxy) is 1. The number of carbonyl (C=O) groups is 2. The van der Waals surface area contributed by atoms with Gasteiger partial charge < -0.3 is 10.5 Å². The first-order valence-electron chi connectivity index (χ1n) is 4.34. The van der Waals surface area contributed by atoms with Crippen molar-refractivity contribution < 1.29 is 14.3 Å². The van der Waals surface area contributed by atoms with E-state index in [1.54, 1.807) is 6.08 Å². The first-order chi connectivity index (χ1) is 6.18. The largest absolute Gasteiger partial charge is 0.465 e. The predicted octanol–water partition coefficient (Wildman–Crippen LogP) is -0.0189. The highest BCUT2D eigenvalue weighted by atomic mass is 16.5. The molecule has 0 bridgehead atoms. The van der Waals surface area contributed by atoms with Gasteiger partial charge in [-0.05, 0) is 12.8 Å². The smallest absolute Gasteiger partial charge is 0.309 e. The number of fused-ring (bicyclic) bond motifs is 1. The van der Waals surface area contributed by atoms with Crippen LogP contribution in [-0.4, -0.2) is 18.5 Å². The van der Waals surface area contributed by atoms with Gasteiger partial charge >= 0.3 is 5.97 Å². The van der Waals surface area contributed by atoms with Crippen molar-refractivity contribution in [3.63, 3.8) is 0 Å². The normalized spacial score (nSPS) is 32.0. The lowest BCUT2D eigenvalue weighted by Gasteiger charge is -2.19. The highest BCUT2D eigenvalue weighted by molar-refractivity contribution is 5.92. The Morgan fingerprint density at radius 3 is 3.08 bits per heavy atom. The minimum absolute atomic E-state index is 0.0388. The SMILES string of the molecule is NC(=O)C1=CCC2C(=O)OCC2C1. The van der Waals surface area contributed by atoms with Gasteiger partial charge in [0.1, 0.15) is 0 Å². The lowest BCUT2D eigenvalue weighted by atomic mass is 9.81. The van der Waals surface area contributed by atoms with E-state index in [0.29, 0.717) is 25.0 Å². The summed E-state index contributed by atoms with van der Waals surface area (Å²) in [6.45, 7) is 0.439. The van der Waals surface area contributed by atoms with Gasteiger partial charge in [0.25, 0.3) is 0 Å². The monoisotopic (exact) mass is 181 g/mol. The molecule has 2 aliphatic rings. The maximum Gasteiger partial charge on any atom is 0.309 e. The molecule has 70 valence electrons. The number of esters is 1. The Kier molecular flexibility index (Phi) is 1.83. The molecule has 0 aromatic rings. The fraction of sp³-hybridized carbons (Fsp3) is 0.556. The summed E-state index contributed by atoms with van der Waals surface area (Å²) in [5, 5.41) is 0. The number of carbonyl (C=O) groups excluding carboxylic acids is 2. The van der Waals surface area contributed by atoms with E-state index in [-0.39, 0.29) is 23.7 Å². The van der Waals surface area contributed by atoms with Crippen LogP contribution in [0.1, 0.15) is 12.8 Å². The molecule has 0 radical (unpaired) electrons.